The van der Waals surface area contributed by atoms with Crippen molar-refractivity contribution in [3.8, 4) is 0 Å². The van der Waals surface area contributed by atoms with Gasteiger partial charge in [-0.1, -0.05) is 66.2 Å². The van der Waals surface area contributed by atoms with E-state index in [1.807, 2.05) is 6.07 Å². The Kier molecular flexibility index (Phi) is 9.74. The number of halogens is 1. The van der Waals surface area contributed by atoms with Gasteiger partial charge in [0.15, 0.2) is 6.61 Å². The molecule has 4 aromatic carbocycles. The third-order valence-electron chi connectivity index (χ3n) is 5.90. The molecule has 0 heterocycles. The Morgan fingerprint density at radius 2 is 1.48 bits per heavy atom. The average Bonchev–Trinajstić information content (AvgIpc) is 3.00. The number of hydrogen-bond donors (Lipinski definition) is 2. The van der Waals surface area contributed by atoms with Crippen LogP contribution in [0.3, 0.4) is 0 Å². The van der Waals surface area contributed by atoms with Crippen molar-refractivity contribution in [1.82, 2.24) is 0 Å². The highest BCUT2D eigenvalue weighted by atomic mass is 35.5. The van der Waals surface area contributed by atoms with Crippen LogP contribution in [0.15, 0.2) is 121 Å². The minimum absolute atomic E-state index is 0.0141. The van der Waals surface area contributed by atoms with Gasteiger partial charge in [-0.15, -0.1) is 6.58 Å². The fraction of sp³-hybridized carbons (Fsp3) is 0.0645. The molecule has 0 aromatic heterocycles. The molecule has 0 aliphatic heterocycles. The van der Waals surface area contributed by atoms with E-state index >= 15 is 0 Å². The Morgan fingerprint density at radius 3 is 2.17 bits per heavy atom. The lowest BCUT2D eigenvalue weighted by Gasteiger charge is -2.23. The molecule has 0 radical (unpaired) electrons. The number of para-hydroxylation sites is 3. The van der Waals surface area contributed by atoms with E-state index < -0.39 is 34.4 Å². The van der Waals surface area contributed by atoms with Gasteiger partial charge in [0.05, 0.1) is 39.0 Å². The summed E-state index contributed by atoms with van der Waals surface area (Å²) < 4.78 is 33.2. The molecule has 4 aromatic rings. The molecule has 0 bridgehead atoms. The van der Waals surface area contributed by atoms with E-state index in [0.717, 1.165) is 10.4 Å². The number of nitrogens with one attached hydrogen (secondary N) is 2. The zero-order valence-corrected chi connectivity index (χ0v) is 23.8. The molecule has 0 saturated carbocycles. The molecule has 0 unspecified atom stereocenters. The summed E-state index contributed by atoms with van der Waals surface area (Å²) >= 11 is 6.20. The average molecular weight is 604 g/mol. The fourth-order valence-corrected chi connectivity index (χ4v) is 5.56. The van der Waals surface area contributed by atoms with E-state index in [4.69, 9.17) is 16.3 Å². The first-order valence-corrected chi connectivity index (χ1v) is 14.4. The lowest BCUT2D eigenvalue weighted by molar-refractivity contribution is -0.119. The van der Waals surface area contributed by atoms with Crippen LogP contribution in [0.5, 0.6) is 0 Å². The first kappa shape index (κ1) is 30.0. The number of benzene rings is 4. The highest BCUT2D eigenvalue weighted by molar-refractivity contribution is 7.92. The minimum atomic E-state index is -4.12. The molecule has 11 heteroatoms. The van der Waals surface area contributed by atoms with Crippen LogP contribution in [-0.4, -0.2) is 39.4 Å². The molecule has 0 spiro atoms. The molecule has 0 saturated heterocycles. The predicted octanol–water partition coefficient (Wildman–Crippen LogP) is 5.77. The summed E-state index contributed by atoms with van der Waals surface area (Å²) in [5.41, 5.74) is 1.16. The summed E-state index contributed by atoms with van der Waals surface area (Å²) in [7, 11) is -4.12. The largest absolute Gasteiger partial charge is 0.452 e. The second kappa shape index (κ2) is 13.6. The summed E-state index contributed by atoms with van der Waals surface area (Å²) in [6.07, 6.45) is 1.44. The first-order valence-electron chi connectivity index (χ1n) is 12.6. The summed E-state index contributed by atoms with van der Waals surface area (Å²) in [5.74, 6) is -2.17. The zero-order valence-electron chi connectivity index (χ0n) is 22.2. The van der Waals surface area contributed by atoms with Gasteiger partial charge in [-0.05, 0) is 54.6 Å². The normalized spacial score (nSPS) is 10.8. The minimum Gasteiger partial charge on any atom is -0.452 e. The number of hydrogen-bond acceptors (Lipinski definition) is 6. The number of carbonyl (C=O) groups excluding carboxylic acids is 3. The second-order valence-electron chi connectivity index (χ2n) is 8.79. The van der Waals surface area contributed by atoms with Crippen LogP contribution in [0.25, 0.3) is 0 Å². The van der Waals surface area contributed by atoms with Crippen LogP contribution < -0.4 is 14.9 Å². The van der Waals surface area contributed by atoms with E-state index in [1.165, 1.54) is 30.3 Å². The molecule has 4 rings (SSSR count). The van der Waals surface area contributed by atoms with E-state index in [9.17, 15) is 22.8 Å². The van der Waals surface area contributed by atoms with Crippen molar-refractivity contribution in [3.05, 3.63) is 132 Å². The van der Waals surface area contributed by atoms with Crippen LogP contribution >= 0.6 is 11.6 Å². The fourth-order valence-electron chi connectivity index (χ4n) is 3.91. The van der Waals surface area contributed by atoms with Crippen LogP contribution in [0.2, 0.25) is 5.02 Å². The highest BCUT2D eigenvalue weighted by Gasteiger charge is 2.26. The number of ether oxygens (including phenoxy) is 1. The molecule has 2 amide bonds. The molecular weight excluding hydrogens is 578 g/mol. The lowest BCUT2D eigenvalue weighted by Crippen LogP contribution is -2.31. The van der Waals surface area contributed by atoms with E-state index in [1.54, 1.807) is 66.7 Å². The van der Waals surface area contributed by atoms with Crippen molar-refractivity contribution >= 4 is 56.5 Å². The van der Waals surface area contributed by atoms with Crippen molar-refractivity contribution in [2.24, 2.45) is 0 Å². The van der Waals surface area contributed by atoms with Gasteiger partial charge in [0, 0.05) is 5.69 Å². The molecule has 214 valence electrons. The molecule has 0 aliphatic carbocycles. The molecule has 9 nitrogen and oxygen atoms in total. The molecule has 0 fully saturated rings. The number of carbonyl (C=O) groups is 3. The third kappa shape index (κ3) is 7.22. The first-order chi connectivity index (χ1) is 20.2. The van der Waals surface area contributed by atoms with Crippen molar-refractivity contribution in [2.75, 3.05) is 28.1 Å². The summed E-state index contributed by atoms with van der Waals surface area (Å²) in [6, 6.07) is 27.2. The predicted molar refractivity (Wildman–Crippen MR) is 162 cm³/mol. The Hall–Kier alpha value is -4.93. The number of amides is 2. The summed E-state index contributed by atoms with van der Waals surface area (Å²) in [6.45, 7) is 2.91. The molecule has 2 N–H and O–H groups in total. The maximum Gasteiger partial charge on any atom is 0.340 e. The van der Waals surface area contributed by atoms with Crippen LogP contribution in [-0.2, 0) is 19.6 Å². The van der Waals surface area contributed by atoms with Crippen LogP contribution in [0, 0.1) is 0 Å². The number of esters is 1. The van der Waals surface area contributed by atoms with E-state index in [2.05, 4.69) is 17.2 Å². The maximum absolute atomic E-state index is 13.5. The lowest BCUT2D eigenvalue weighted by atomic mass is 10.1. The van der Waals surface area contributed by atoms with Gasteiger partial charge in [0.2, 0.25) is 0 Å². The van der Waals surface area contributed by atoms with Gasteiger partial charge in [-0.25, -0.2) is 13.2 Å². The highest BCUT2D eigenvalue weighted by Crippen LogP contribution is 2.27. The van der Waals surface area contributed by atoms with Gasteiger partial charge >= 0.3 is 5.97 Å². The number of nitrogens with zero attached hydrogens (tertiary/aromatic N) is 1. The molecule has 0 aliphatic rings. The van der Waals surface area contributed by atoms with Crippen LogP contribution in [0.1, 0.15) is 20.7 Å². The second-order valence-corrected chi connectivity index (χ2v) is 11.1. The van der Waals surface area contributed by atoms with Gasteiger partial charge in [-0.3, -0.25) is 13.9 Å². The Balaban J connectivity index is 1.46. The quantitative estimate of drug-likeness (QED) is 0.166. The number of sulfonamides is 1. The topological polar surface area (TPSA) is 122 Å². The van der Waals surface area contributed by atoms with Gasteiger partial charge in [0.1, 0.15) is 0 Å². The summed E-state index contributed by atoms with van der Waals surface area (Å²) in [5, 5.41) is 5.25. The molecular formula is C31H26ClN3O6S. The van der Waals surface area contributed by atoms with Gasteiger partial charge in [0.25, 0.3) is 21.8 Å². The van der Waals surface area contributed by atoms with Gasteiger partial charge < -0.3 is 15.4 Å². The standard InChI is InChI=1S/C31H26ClN3O6S/c1-2-19-35(23-13-7-4-8-14-23)42(39,40)24-17-18-27(32)26(20-24)31(38)41-21-29(36)34-28-16-10-9-15-25(28)30(37)33-22-11-5-3-6-12-22/h2-18,20H,1,19,21H2,(H,33,37)(H,34,36). The monoisotopic (exact) mass is 603 g/mol. The van der Waals surface area contributed by atoms with Crippen LogP contribution in [0.4, 0.5) is 17.1 Å². The Bertz CT molecular complexity index is 1710. The molecule has 42 heavy (non-hydrogen) atoms. The Morgan fingerprint density at radius 1 is 0.833 bits per heavy atom. The maximum atomic E-state index is 13.5. The van der Waals surface area contributed by atoms with E-state index in [-0.39, 0.29) is 33.3 Å². The third-order valence-corrected chi connectivity index (χ3v) is 8.02. The van der Waals surface area contributed by atoms with Crippen molar-refractivity contribution in [3.63, 3.8) is 0 Å². The smallest absolute Gasteiger partial charge is 0.340 e. The van der Waals surface area contributed by atoms with Gasteiger partial charge in [-0.2, -0.15) is 0 Å². The number of anilines is 3. The molecule has 0 atom stereocenters. The van der Waals surface area contributed by atoms with Crippen molar-refractivity contribution in [1.29, 1.82) is 0 Å². The zero-order chi connectivity index (χ0) is 30.1. The summed E-state index contributed by atoms with van der Waals surface area (Å²) in [4.78, 5) is 38.1. The SMILES string of the molecule is C=CCN(c1ccccc1)S(=O)(=O)c1ccc(Cl)c(C(=O)OCC(=O)Nc2ccccc2C(=O)Nc2ccccc2)c1. The van der Waals surface area contributed by atoms with Crippen molar-refractivity contribution < 1.29 is 27.5 Å². The Labute approximate surface area is 248 Å². The van der Waals surface area contributed by atoms with Crippen molar-refractivity contribution in [2.45, 2.75) is 4.90 Å². The van der Waals surface area contributed by atoms with E-state index in [0.29, 0.717) is 11.4 Å². The number of rotatable bonds is 11.